The number of amides is 2. The largest absolute Gasteiger partial charge is 0.481 e. The van der Waals surface area contributed by atoms with E-state index < -0.39 is 5.79 Å². The Balaban J connectivity index is 1.81. The summed E-state index contributed by atoms with van der Waals surface area (Å²) in [4.78, 5) is 16.0. The van der Waals surface area contributed by atoms with Crippen molar-refractivity contribution in [2.45, 2.75) is 18.6 Å². The lowest BCUT2D eigenvalue weighted by atomic mass is 9.91. The molecule has 0 aliphatic carbocycles. The number of hydrogen-bond donors (Lipinski definition) is 2. The molecule has 8 heteroatoms. The predicted molar refractivity (Wildman–Crippen MR) is 88.1 cm³/mol. The Bertz CT molecular complexity index is 536. The van der Waals surface area contributed by atoms with Crippen LogP contribution in [0.2, 0.25) is 0 Å². The lowest BCUT2D eigenvalue weighted by Gasteiger charge is -2.41. The summed E-state index contributed by atoms with van der Waals surface area (Å²) < 4.78 is 21.7. The van der Waals surface area contributed by atoms with Gasteiger partial charge in [0.1, 0.15) is 0 Å². The highest BCUT2D eigenvalue weighted by Crippen LogP contribution is 2.32. The standard InChI is InChI=1S/C16H25N3O5/c1-21-14-10-13(5-8-17-14)19-15(20)18-7-4-12-11-24-9-6-16(12,22-2)23-3/h5,8,10,12H,4,6-7,9,11H2,1-3H3,(H2,17,18,19,20). The molecular formula is C16H25N3O5. The van der Waals surface area contributed by atoms with Gasteiger partial charge in [0.15, 0.2) is 5.79 Å². The van der Waals surface area contributed by atoms with Crippen LogP contribution in [0, 0.1) is 5.92 Å². The number of carbonyl (C=O) groups is 1. The highest BCUT2D eigenvalue weighted by Gasteiger charge is 2.41. The van der Waals surface area contributed by atoms with Gasteiger partial charge in [-0.05, 0) is 12.5 Å². The van der Waals surface area contributed by atoms with Gasteiger partial charge in [-0.2, -0.15) is 0 Å². The van der Waals surface area contributed by atoms with Crippen LogP contribution in [0.4, 0.5) is 10.5 Å². The highest BCUT2D eigenvalue weighted by molar-refractivity contribution is 5.89. The number of rotatable bonds is 7. The topological polar surface area (TPSA) is 90.9 Å². The third-order valence-electron chi connectivity index (χ3n) is 4.21. The monoisotopic (exact) mass is 339 g/mol. The van der Waals surface area contributed by atoms with E-state index in [0.29, 0.717) is 44.2 Å². The molecule has 0 spiro atoms. The second-order valence-electron chi connectivity index (χ2n) is 5.50. The minimum atomic E-state index is -0.644. The highest BCUT2D eigenvalue weighted by atomic mass is 16.7. The van der Waals surface area contributed by atoms with Gasteiger partial charge in [0.25, 0.3) is 0 Å². The zero-order valence-corrected chi connectivity index (χ0v) is 14.3. The SMILES string of the molecule is COc1cc(NC(=O)NCCC2COCCC2(OC)OC)ccn1. The van der Waals surface area contributed by atoms with Gasteiger partial charge in [0.2, 0.25) is 5.88 Å². The first-order valence-corrected chi connectivity index (χ1v) is 7.86. The van der Waals surface area contributed by atoms with Crippen LogP contribution >= 0.6 is 0 Å². The maximum Gasteiger partial charge on any atom is 0.319 e. The average molecular weight is 339 g/mol. The maximum absolute atomic E-state index is 12.0. The second-order valence-corrected chi connectivity index (χ2v) is 5.50. The number of urea groups is 1. The summed E-state index contributed by atoms with van der Waals surface area (Å²) in [7, 11) is 4.80. The van der Waals surface area contributed by atoms with E-state index in [0.717, 1.165) is 0 Å². The molecule has 2 amide bonds. The lowest BCUT2D eigenvalue weighted by Crippen LogP contribution is -2.49. The summed E-state index contributed by atoms with van der Waals surface area (Å²) in [6.07, 6.45) is 2.93. The van der Waals surface area contributed by atoms with Crippen LogP contribution in [-0.4, -0.2) is 57.9 Å². The van der Waals surface area contributed by atoms with Gasteiger partial charge in [-0.15, -0.1) is 0 Å². The Kier molecular flexibility index (Phi) is 6.77. The van der Waals surface area contributed by atoms with Crippen LogP contribution in [0.1, 0.15) is 12.8 Å². The van der Waals surface area contributed by atoms with E-state index in [1.54, 1.807) is 32.5 Å². The molecule has 1 aromatic heterocycles. The van der Waals surface area contributed by atoms with Crippen molar-refractivity contribution in [1.82, 2.24) is 10.3 Å². The van der Waals surface area contributed by atoms with Gasteiger partial charge in [0, 0.05) is 51.1 Å². The number of pyridine rings is 1. The first-order valence-electron chi connectivity index (χ1n) is 7.86. The molecule has 0 radical (unpaired) electrons. The van der Waals surface area contributed by atoms with Crippen LogP contribution in [0.3, 0.4) is 0 Å². The number of hydrogen-bond acceptors (Lipinski definition) is 6. The lowest BCUT2D eigenvalue weighted by molar-refractivity contribution is -0.276. The van der Waals surface area contributed by atoms with Crippen molar-refractivity contribution in [2.24, 2.45) is 5.92 Å². The number of methoxy groups -OCH3 is 3. The molecule has 24 heavy (non-hydrogen) atoms. The molecule has 8 nitrogen and oxygen atoms in total. The summed E-state index contributed by atoms with van der Waals surface area (Å²) in [5.41, 5.74) is 0.614. The Morgan fingerprint density at radius 2 is 2.21 bits per heavy atom. The van der Waals surface area contributed by atoms with Gasteiger partial charge in [-0.25, -0.2) is 9.78 Å². The normalized spacial score (nSPS) is 19.5. The summed E-state index contributed by atoms with van der Waals surface area (Å²) in [6, 6.07) is 3.05. The van der Waals surface area contributed by atoms with Crippen molar-refractivity contribution >= 4 is 11.7 Å². The van der Waals surface area contributed by atoms with Gasteiger partial charge in [-0.3, -0.25) is 0 Å². The van der Waals surface area contributed by atoms with E-state index >= 15 is 0 Å². The van der Waals surface area contributed by atoms with Gasteiger partial charge >= 0.3 is 6.03 Å². The molecule has 1 atom stereocenters. The molecule has 0 aromatic carbocycles. The van der Waals surface area contributed by atoms with E-state index in [9.17, 15) is 4.79 Å². The molecule has 2 N–H and O–H groups in total. The number of anilines is 1. The van der Waals surface area contributed by atoms with E-state index in [1.807, 2.05) is 0 Å². The first kappa shape index (κ1) is 18.4. The Morgan fingerprint density at radius 1 is 1.42 bits per heavy atom. The summed E-state index contributed by atoms with van der Waals surface area (Å²) in [5.74, 6) is -0.144. The van der Waals surface area contributed by atoms with Gasteiger partial charge < -0.3 is 29.6 Å². The number of nitrogens with zero attached hydrogens (tertiary/aromatic N) is 1. The van der Waals surface area contributed by atoms with Crippen molar-refractivity contribution in [3.8, 4) is 5.88 Å². The molecule has 0 bridgehead atoms. The molecule has 1 fully saturated rings. The average Bonchev–Trinajstić information content (AvgIpc) is 2.62. The van der Waals surface area contributed by atoms with Crippen molar-refractivity contribution in [2.75, 3.05) is 46.4 Å². The minimum Gasteiger partial charge on any atom is -0.481 e. The number of ether oxygens (including phenoxy) is 4. The fraction of sp³-hybridized carbons (Fsp3) is 0.625. The van der Waals surface area contributed by atoms with Gasteiger partial charge in [0.05, 0.1) is 20.3 Å². The van der Waals surface area contributed by atoms with Gasteiger partial charge in [-0.1, -0.05) is 0 Å². The molecule has 2 heterocycles. The molecule has 1 unspecified atom stereocenters. The van der Waals surface area contributed by atoms with Crippen LogP contribution < -0.4 is 15.4 Å². The quantitative estimate of drug-likeness (QED) is 0.734. The fourth-order valence-corrected chi connectivity index (χ4v) is 2.83. The van der Waals surface area contributed by atoms with Crippen LogP contribution in [-0.2, 0) is 14.2 Å². The smallest absolute Gasteiger partial charge is 0.319 e. The van der Waals surface area contributed by atoms with Crippen LogP contribution in [0.25, 0.3) is 0 Å². The Morgan fingerprint density at radius 3 is 2.92 bits per heavy atom. The number of aromatic nitrogens is 1. The van der Waals surface area contributed by atoms with Crippen molar-refractivity contribution in [3.05, 3.63) is 18.3 Å². The van der Waals surface area contributed by atoms with Crippen molar-refractivity contribution < 1.29 is 23.7 Å². The van der Waals surface area contributed by atoms with E-state index in [-0.39, 0.29) is 11.9 Å². The molecule has 1 aromatic rings. The van der Waals surface area contributed by atoms with E-state index in [4.69, 9.17) is 18.9 Å². The van der Waals surface area contributed by atoms with E-state index in [1.165, 1.54) is 7.11 Å². The second kappa shape index (κ2) is 8.81. The molecule has 1 saturated heterocycles. The molecule has 0 saturated carbocycles. The molecule has 2 rings (SSSR count). The van der Waals surface area contributed by atoms with Crippen molar-refractivity contribution in [3.63, 3.8) is 0 Å². The molecule has 134 valence electrons. The predicted octanol–water partition coefficient (Wildman–Crippen LogP) is 1.63. The number of nitrogens with one attached hydrogen (secondary N) is 2. The zero-order chi connectivity index (χ0) is 17.4. The van der Waals surface area contributed by atoms with E-state index in [2.05, 4.69) is 15.6 Å². The number of carbonyl (C=O) groups excluding carboxylic acids is 1. The molecule has 1 aliphatic rings. The Hall–Kier alpha value is -1.90. The summed E-state index contributed by atoms with van der Waals surface area (Å²) in [6.45, 7) is 1.64. The summed E-state index contributed by atoms with van der Waals surface area (Å²) >= 11 is 0. The summed E-state index contributed by atoms with van der Waals surface area (Å²) in [5, 5.41) is 5.56. The maximum atomic E-state index is 12.0. The van der Waals surface area contributed by atoms with Crippen LogP contribution in [0.5, 0.6) is 5.88 Å². The third-order valence-corrected chi connectivity index (χ3v) is 4.21. The van der Waals surface area contributed by atoms with Crippen molar-refractivity contribution in [1.29, 1.82) is 0 Å². The molecule has 1 aliphatic heterocycles. The third kappa shape index (κ3) is 4.56. The fourth-order valence-electron chi connectivity index (χ4n) is 2.83. The minimum absolute atomic E-state index is 0.0579. The van der Waals surface area contributed by atoms with Crippen LogP contribution in [0.15, 0.2) is 18.3 Å². The zero-order valence-electron chi connectivity index (χ0n) is 14.3. The molecular weight excluding hydrogens is 314 g/mol. The Labute approximate surface area is 141 Å². The first-order chi connectivity index (χ1) is 11.6.